The van der Waals surface area contributed by atoms with Gasteiger partial charge in [0.25, 0.3) is 0 Å². The van der Waals surface area contributed by atoms with Gasteiger partial charge in [0.2, 0.25) is 0 Å². The van der Waals surface area contributed by atoms with E-state index in [0.29, 0.717) is 6.61 Å². The average molecular weight is 306 g/mol. The third-order valence-corrected chi connectivity index (χ3v) is 5.09. The van der Waals surface area contributed by atoms with Gasteiger partial charge >= 0.3 is 5.97 Å². The van der Waals surface area contributed by atoms with E-state index in [2.05, 4.69) is 20.2 Å². The lowest BCUT2D eigenvalue weighted by atomic mass is 9.70. The first kappa shape index (κ1) is 15.5. The van der Waals surface area contributed by atoms with Crippen molar-refractivity contribution in [2.24, 2.45) is 5.41 Å². The highest BCUT2D eigenvalue weighted by atomic mass is 16.5. The van der Waals surface area contributed by atoms with Crippen LogP contribution in [0.15, 0.2) is 6.33 Å². The van der Waals surface area contributed by atoms with Gasteiger partial charge < -0.3 is 15.0 Å². The number of aromatic amines is 1. The first-order valence-electron chi connectivity index (χ1n) is 8.27. The van der Waals surface area contributed by atoms with E-state index >= 15 is 0 Å². The monoisotopic (exact) mass is 306 g/mol. The molecule has 0 aliphatic carbocycles. The fourth-order valence-corrected chi connectivity index (χ4v) is 3.88. The Labute approximate surface area is 131 Å². The number of likely N-dealkylation sites (tertiary alicyclic amines) is 1. The van der Waals surface area contributed by atoms with Crippen LogP contribution in [-0.4, -0.2) is 53.1 Å². The zero-order valence-corrected chi connectivity index (χ0v) is 13.5. The standard InChI is InChI=1S/C16H26N4O2/c1-3-22-15(21)16-6-4-7-17-14(16)5-8-20(10-16)9-13-12(2)18-11-19-13/h11,14,17H,3-10H2,1-2H3,(H,18,19)/t14-,16+/m0/s1. The summed E-state index contributed by atoms with van der Waals surface area (Å²) in [5.74, 6) is -0.0318. The maximum absolute atomic E-state index is 12.7. The molecule has 2 N–H and O–H groups in total. The molecule has 22 heavy (non-hydrogen) atoms. The molecule has 1 aromatic heterocycles. The van der Waals surface area contributed by atoms with Gasteiger partial charge in [-0.05, 0) is 39.7 Å². The summed E-state index contributed by atoms with van der Waals surface area (Å²) in [5.41, 5.74) is 1.78. The van der Waals surface area contributed by atoms with Crippen LogP contribution in [0.4, 0.5) is 0 Å². The molecule has 0 spiro atoms. The topological polar surface area (TPSA) is 70.2 Å². The summed E-state index contributed by atoms with van der Waals surface area (Å²) < 4.78 is 5.42. The van der Waals surface area contributed by atoms with Gasteiger partial charge in [-0.15, -0.1) is 0 Å². The first-order chi connectivity index (χ1) is 10.7. The third-order valence-electron chi connectivity index (χ3n) is 5.09. The minimum absolute atomic E-state index is 0.0318. The highest BCUT2D eigenvalue weighted by Gasteiger charge is 2.51. The Balaban J connectivity index is 1.77. The number of aromatic nitrogens is 2. The minimum atomic E-state index is -0.392. The summed E-state index contributed by atoms with van der Waals surface area (Å²) in [5, 5.41) is 3.54. The van der Waals surface area contributed by atoms with Crippen LogP contribution in [0.1, 0.15) is 37.6 Å². The highest BCUT2D eigenvalue weighted by molar-refractivity contribution is 5.78. The molecule has 0 unspecified atom stereocenters. The number of hydrogen-bond acceptors (Lipinski definition) is 5. The number of imidazole rings is 1. The van der Waals surface area contributed by atoms with Gasteiger partial charge in [-0.25, -0.2) is 4.98 Å². The second-order valence-electron chi connectivity index (χ2n) is 6.46. The van der Waals surface area contributed by atoms with Gasteiger partial charge in [0.05, 0.1) is 24.0 Å². The van der Waals surface area contributed by atoms with E-state index in [-0.39, 0.29) is 12.0 Å². The number of carbonyl (C=O) groups is 1. The Morgan fingerprint density at radius 2 is 2.45 bits per heavy atom. The van der Waals surface area contributed by atoms with Crippen LogP contribution in [0.5, 0.6) is 0 Å². The Bertz CT molecular complexity index is 530. The number of esters is 1. The predicted molar refractivity (Wildman–Crippen MR) is 83.3 cm³/mol. The second kappa shape index (κ2) is 6.38. The summed E-state index contributed by atoms with van der Waals surface area (Å²) in [4.78, 5) is 22.5. The smallest absolute Gasteiger partial charge is 0.314 e. The van der Waals surface area contributed by atoms with Gasteiger partial charge in [-0.2, -0.15) is 0 Å². The van der Waals surface area contributed by atoms with Crippen molar-refractivity contribution >= 4 is 5.97 Å². The van der Waals surface area contributed by atoms with E-state index in [0.717, 1.165) is 56.8 Å². The normalized spacial score (nSPS) is 29.1. The van der Waals surface area contributed by atoms with Crippen LogP contribution in [0.2, 0.25) is 0 Å². The largest absolute Gasteiger partial charge is 0.465 e. The maximum Gasteiger partial charge on any atom is 0.314 e. The number of ether oxygens (including phenoxy) is 1. The number of nitrogens with zero attached hydrogens (tertiary/aromatic N) is 2. The molecule has 122 valence electrons. The molecular weight excluding hydrogens is 280 g/mol. The van der Waals surface area contributed by atoms with E-state index in [1.807, 2.05) is 13.8 Å². The lowest BCUT2D eigenvalue weighted by molar-refractivity contribution is -0.164. The Morgan fingerprint density at radius 1 is 1.59 bits per heavy atom. The average Bonchev–Trinajstić information content (AvgIpc) is 2.92. The van der Waals surface area contributed by atoms with E-state index in [9.17, 15) is 4.79 Å². The molecule has 6 nitrogen and oxygen atoms in total. The lowest BCUT2D eigenvalue weighted by Crippen LogP contribution is -2.63. The summed E-state index contributed by atoms with van der Waals surface area (Å²) in [6, 6.07) is 0.247. The van der Waals surface area contributed by atoms with Gasteiger partial charge in [-0.3, -0.25) is 9.69 Å². The van der Waals surface area contributed by atoms with E-state index in [4.69, 9.17) is 4.74 Å². The fourth-order valence-electron chi connectivity index (χ4n) is 3.88. The molecule has 2 atom stereocenters. The van der Waals surface area contributed by atoms with E-state index in [1.165, 1.54) is 0 Å². The van der Waals surface area contributed by atoms with Crippen LogP contribution in [0.25, 0.3) is 0 Å². The van der Waals surface area contributed by atoms with Crippen molar-refractivity contribution in [2.45, 2.75) is 45.7 Å². The molecule has 2 fully saturated rings. The van der Waals surface area contributed by atoms with Gasteiger partial charge in [0.15, 0.2) is 0 Å². The molecule has 0 radical (unpaired) electrons. The molecule has 0 amide bonds. The van der Waals surface area contributed by atoms with Crippen LogP contribution in [0, 0.1) is 12.3 Å². The molecular formula is C16H26N4O2. The number of piperidine rings is 2. The summed E-state index contributed by atoms with van der Waals surface area (Å²) in [7, 11) is 0. The van der Waals surface area contributed by atoms with E-state index < -0.39 is 5.41 Å². The fraction of sp³-hybridized carbons (Fsp3) is 0.750. The number of rotatable bonds is 4. The SMILES string of the molecule is CCOC(=O)[C@@]12CCCN[C@H]1CCN(Cc1nc[nH]c1C)C2. The van der Waals surface area contributed by atoms with Gasteiger partial charge in [-0.1, -0.05) is 0 Å². The molecule has 6 heteroatoms. The van der Waals surface area contributed by atoms with Gasteiger partial charge in [0.1, 0.15) is 0 Å². The number of carbonyl (C=O) groups excluding carboxylic acids is 1. The van der Waals surface area contributed by atoms with Crippen molar-refractivity contribution in [3.05, 3.63) is 17.7 Å². The molecule has 3 heterocycles. The first-order valence-corrected chi connectivity index (χ1v) is 8.27. The predicted octanol–water partition coefficient (Wildman–Crippen LogP) is 1.23. The molecule has 2 saturated heterocycles. The van der Waals surface area contributed by atoms with Crippen molar-refractivity contribution in [1.82, 2.24) is 20.2 Å². The van der Waals surface area contributed by atoms with Crippen molar-refractivity contribution in [3.8, 4) is 0 Å². The maximum atomic E-state index is 12.7. The van der Waals surface area contributed by atoms with E-state index in [1.54, 1.807) is 6.33 Å². The lowest BCUT2D eigenvalue weighted by Gasteiger charge is -2.49. The van der Waals surface area contributed by atoms with Crippen molar-refractivity contribution in [1.29, 1.82) is 0 Å². The molecule has 2 aliphatic rings. The zero-order chi connectivity index (χ0) is 15.6. The Hall–Kier alpha value is -1.40. The number of fused-ring (bicyclic) bond motifs is 1. The summed E-state index contributed by atoms with van der Waals surface area (Å²) in [6.07, 6.45) is 4.67. The molecule has 1 aromatic rings. The van der Waals surface area contributed by atoms with Crippen LogP contribution in [0.3, 0.4) is 0 Å². The van der Waals surface area contributed by atoms with Crippen molar-refractivity contribution in [2.75, 3.05) is 26.2 Å². The van der Waals surface area contributed by atoms with Crippen LogP contribution in [-0.2, 0) is 16.1 Å². The highest BCUT2D eigenvalue weighted by Crippen LogP contribution is 2.39. The quantitative estimate of drug-likeness (QED) is 0.819. The number of aryl methyl sites for hydroxylation is 1. The molecule has 0 bridgehead atoms. The van der Waals surface area contributed by atoms with Crippen molar-refractivity contribution < 1.29 is 9.53 Å². The summed E-state index contributed by atoms with van der Waals surface area (Å²) >= 11 is 0. The van der Waals surface area contributed by atoms with Crippen LogP contribution < -0.4 is 5.32 Å². The third kappa shape index (κ3) is 2.77. The Morgan fingerprint density at radius 3 is 3.18 bits per heavy atom. The number of H-pyrrole nitrogens is 1. The minimum Gasteiger partial charge on any atom is -0.465 e. The zero-order valence-electron chi connectivity index (χ0n) is 13.5. The molecule has 0 aromatic carbocycles. The molecule has 0 saturated carbocycles. The number of nitrogens with one attached hydrogen (secondary N) is 2. The molecule has 3 rings (SSSR count). The van der Waals surface area contributed by atoms with Gasteiger partial charge in [0, 0.05) is 31.4 Å². The van der Waals surface area contributed by atoms with Crippen LogP contribution >= 0.6 is 0 Å². The Kier molecular flexibility index (Phi) is 4.49. The van der Waals surface area contributed by atoms with Crippen molar-refractivity contribution in [3.63, 3.8) is 0 Å². The summed E-state index contributed by atoms with van der Waals surface area (Å²) in [6.45, 7) is 7.92. The number of hydrogen-bond donors (Lipinski definition) is 2. The second-order valence-corrected chi connectivity index (χ2v) is 6.46. The molecule has 2 aliphatic heterocycles.